The highest BCUT2D eigenvalue weighted by molar-refractivity contribution is 5.94. The van der Waals surface area contributed by atoms with Gasteiger partial charge in [0.15, 0.2) is 0 Å². The number of carboxylic acids is 1. The molecule has 0 atom stereocenters. The highest BCUT2D eigenvalue weighted by Gasteiger charge is 2.13. The van der Waals surface area contributed by atoms with Crippen LogP contribution in [0.5, 0.6) is 0 Å². The van der Waals surface area contributed by atoms with Gasteiger partial charge in [0.2, 0.25) is 0 Å². The van der Waals surface area contributed by atoms with E-state index in [9.17, 15) is 4.79 Å². The van der Waals surface area contributed by atoms with Gasteiger partial charge in [-0.3, -0.25) is 0 Å². The number of anilines is 1. The van der Waals surface area contributed by atoms with Crippen LogP contribution in [0, 0.1) is 12.8 Å². The summed E-state index contributed by atoms with van der Waals surface area (Å²) in [7, 11) is 0. The van der Waals surface area contributed by atoms with Crippen LogP contribution in [0.1, 0.15) is 36.2 Å². The molecule has 2 N–H and O–H groups in total. The number of ether oxygens (including phenoxy) is 1. The summed E-state index contributed by atoms with van der Waals surface area (Å²) in [5.41, 5.74) is 0.951. The van der Waals surface area contributed by atoms with Gasteiger partial charge in [-0.05, 0) is 30.9 Å². The van der Waals surface area contributed by atoms with Gasteiger partial charge in [-0.15, -0.1) is 0 Å². The summed E-state index contributed by atoms with van der Waals surface area (Å²) in [5.74, 6) is 0.00512. The molecular formula is C14H22N2O3. The first kappa shape index (κ1) is 15.4. The van der Waals surface area contributed by atoms with Gasteiger partial charge < -0.3 is 15.2 Å². The molecular weight excluding hydrogens is 244 g/mol. The monoisotopic (exact) mass is 266 g/mol. The smallest absolute Gasteiger partial charge is 0.339 e. The van der Waals surface area contributed by atoms with Crippen molar-refractivity contribution in [1.29, 1.82) is 0 Å². The third kappa shape index (κ3) is 5.26. The van der Waals surface area contributed by atoms with Crippen molar-refractivity contribution < 1.29 is 14.6 Å². The second-order valence-corrected chi connectivity index (χ2v) is 4.91. The molecule has 0 bridgehead atoms. The second-order valence-electron chi connectivity index (χ2n) is 4.91. The molecule has 1 rings (SSSR count). The lowest BCUT2D eigenvalue weighted by Crippen LogP contribution is -2.13. The molecule has 0 unspecified atom stereocenters. The SMILES string of the molecule is Cc1ccnc(NCCCOCC(C)C)c1C(=O)O. The lowest BCUT2D eigenvalue weighted by Gasteiger charge is -2.11. The van der Waals surface area contributed by atoms with Crippen LogP contribution in [0.4, 0.5) is 5.82 Å². The van der Waals surface area contributed by atoms with E-state index in [-0.39, 0.29) is 5.56 Å². The number of hydrogen-bond acceptors (Lipinski definition) is 4. The van der Waals surface area contributed by atoms with Gasteiger partial charge in [0.05, 0.1) is 0 Å². The van der Waals surface area contributed by atoms with Crippen LogP contribution < -0.4 is 5.32 Å². The van der Waals surface area contributed by atoms with Gasteiger partial charge in [-0.25, -0.2) is 9.78 Å². The molecule has 0 aromatic carbocycles. The molecule has 0 aliphatic rings. The fourth-order valence-corrected chi connectivity index (χ4v) is 1.66. The Morgan fingerprint density at radius 2 is 2.26 bits per heavy atom. The van der Waals surface area contributed by atoms with Gasteiger partial charge in [0, 0.05) is 26.0 Å². The van der Waals surface area contributed by atoms with Crippen molar-refractivity contribution in [2.24, 2.45) is 5.92 Å². The number of rotatable bonds is 8. The number of carbonyl (C=O) groups is 1. The highest BCUT2D eigenvalue weighted by atomic mass is 16.5. The van der Waals surface area contributed by atoms with Crippen molar-refractivity contribution >= 4 is 11.8 Å². The molecule has 0 amide bonds. The maximum Gasteiger partial charge on any atom is 0.339 e. The summed E-state index contributed by atoms with van der Waals surface area (Å²) in [6.07, 6.45) is 2.43. The molecule has 0 fully saturated rings. The largest absolute Gasteiger partial charge is 0.478 e. The molecule has 0 aliphatic carbocycles. The Bertz CT molecular complexity index is 419. The van der Waals surface area contributed by atoms with Crippen LogP contribution in [0.2, 0.25) is 0 Å². The van der Waals surface area contributed by atoms with Crippen molar-refractivity contribution in [3.63, 3.8) is 0 Å². The van der Waals surface area contributed by atoms with E-state index in [0.717, 1.165) is 13.0 Å². The van der Waals surface area contributed by atoms with Crippen LogP contribution in [0.3, 0.4) is 0 Å². The summed E-state index contributed by atoms with van der Waals surface area (Å²) in [6.45, 7) is 8.04. The molecule has 0 spiro atoms. The molecule has 0 saturated heterocycles. The van der Waals surface area contributed by atoms with E-state index in [1.807, 2.05) is 0 Å². The first-order chi connectivity index (χ1) is 9.02. The zero-order chi connectivity index (χ0) is 14.3. The molecule has 1 heterocycles. The Hall–Kier alpha value is -1.62. The average Bonchev–Trinajstić information content (AvgIpc) is 2.32. The Kier molecular flexibility index (Phi) is 6.29. The van der Waals surface area contributed by atoms with Crippen molar-refractivity contribution in [2.45, 2.75) is 27.2 Å². The van der Waals surface area contributed by atoms with Gasteiger partial charge in [0.1, 0.15) is 11.4 Å². The molecule has 106 valence electrons. The van der Waals surface area contributed by atoms with Crippen LogP contribution in [0.25, 0.3) is 0 Å². The molecule has 1 aromatic rings. The van der Waals surface area contributed by atoms with Crippen molar-refractivity contribution in [3.8, 4) is 0 Å². The van der Waals surface area contributed by atoms with Crippen molar-refractivity contribution in [1.82, 2.24) is 4.98 Å². The zero-order valence-electron chi connectivity index (χ0n) is 11.8. The Labute approximate surface area is 114 Å². The second kappa shape index (κ2) is 7.74. The average molecular weight is 266 g/mol. The lowest BCUT2D eigenvalue weighted by molar-refractivity contribution is 0.0697. The quantitative estimate of drug-likeness (QED) is 0.708. The zero-order valence-corrected chi connectivity index (χ0v) is 11.8. The fraction of sp³-hybridized carbons (Fsp3) is 0.571. The number of aryl methyl sites for hydroxylation is 1. The molecule has 0 aliphatic heterocycles. The molecule has 5 heteroatoms. The third-order valence-corrected chi connectivity index (χ3v) is 2.58. The van der Waals surface area contributed by atoms with Gasteiger partial charge in [0.25, 0.3) is 0 Å². The van der Waals surface area contributed by atoms with E-state index in [1.165, 1.54) is 0 Å². The number of aromatic nitrogens is 1. The highest BCUT2D eigenvalue weighted by Crippen LogP contribution is 2.16. The predicted molar refractivity (Wildman–Crippen MR) is 74.7 cm³/mol. The van der Waals surface area contributed by atoms with Crippen molar-refractivity contribution in [2.75, 3.05) is 25.1 Å². The molecule has 19 heavy (non-hydrogen) atoms. The Morgan fingerprint density at radius 3 is 2.89 bits per heavy atom. The van der Waals surface area contributed by atoms with E-state index in [2.05, 4.69) is 24.1 Å². The third-order valence-electron chi connectivity index (χ3n) is 2.58. The van der Waals surface area contributed by atoms with E-state index in [0.29, 0.717) is 30.5 Å². The molecule has 0 radical (unpaired) electrons. The van der Waals surface area contributed by atoms with Gasteiger partial charge in [-0.2, -0.15) is 0 Å². The van der Waals surface area contributed by atoms with Crippen LogP contribution >= 0.6 is 0 Å². The lowest BCUT2D eigenvalue weighted by atomic mass is 10.1. The Morgan fingerprint density at radius 1 is 1.53 bits per heavy atom. The van der Waals surface area contributed by atoms with E-state index >= 15 is 0 Å². The maximum absolute atomic E-state index is 11.1. The number of nitrogens with one attached hydrogen (secondary N) is 1. The molecule has 1 aromatic heterocycles. The summed E-state index contributed by atoms with van der Waals surface area (Å²) >= 11 is 0. The summed E-state index contributed by atoms with van der Waals surface area (Å²) in [5, 5.41) is 12.2. The number of hydrogen-bond donors (Lipinski definition) is 2. The van der Waals surface area contributed by atoms with E-state index < -0.39 is 5.97 Å². The van der Waals surface area contributed by atoms with Crippen LogP contribution in [0.15, 0.2) is 12.3 Å². The fourth-order valence-electron chi connectivity index (χ4n) is 1.66. The number of pyridine rings is 1. The first-order valence-electron chi connectivity index (χ1n) is 6.53. The number of aromatic carboxylic acids is 1. The van der Waals surface area contributed by atoms with E-state index in [4.69, 9.17) is 9.84 Å². The normalized spacial score (nSPS) is 10.7. The van der Waals surface area contributed by atoms with Crippen molar-refractivity contribution in [3.05, 3.63) is 23.4 Å². The minimum Gasteiger partial charge on any atom is -0.478 e. The number of nitrogens with zero attached hydrogens (tertiary/aromatic N) is 1. The first-order valence-corrected chi connectivity index (χ1v) is 6.53. The minimum absolute atomic E-state index is 0.241. The molecule has 5 nitrogen and oxygen atoms in total. The van der Waals surface area contributed by atoms with Gasteiger partial charge >= 0.3 is 5.97 Å². The van der Waals surface area contributed by atoms with Crippen LogP contribution in [-0.4, -0.2) is 35.8 Å². The summed E-state index contributed by atoms with van der Waals surface area (Å²) in [6, 6.07) is 1.69. The minimum atomic E-state index is -0.954. The molecule has 0 saturated carbocycles. The summed E-state index contributed by atoms with van der Waals surface area (Å²) in [4.78, 5) is 15.2. The number of carboxylic acid groups (broad SMARTS) is 1. The Balaban J connectivity index is 2.41. The summed E-state index contributed by atoms with van der Waals surface area (Å²) < 4.78 is 5.46. The van der Waals surface area contributed by atoms with Gasteiger partial charge in [-0.1, -0.05) is 13.8 Å². The maximum atomic E-state index is 11.1. The van der Waals surface area contributed by atoms with E-state index in [1.54, 1.807) is 19.2 Å². The predicted octanol–water partition coefficient (Wildman–Crippen LogP) is 2.56. The topological polar surface area (TPSA) is 71.5 Å². The van der Waals surface area contributed by atoms with Crippen LogP contribution in [-0.2, 0) is 4.74 Å². The standard InChI is InChI=1S/C14H22N2O3/c1-10(2)9-19-8-4-6-15-13-12(14(17)18)11(3)5-7-16-13/h5,7,10H,4,6,8-9H2,1-3H3,(H,15,16)(H,17,18).